The minimum absolute atomic E-state index is 0.195. The molecule has 0 spiro atoms. The van der Waals surface area contributed by atoms with E-state index in [1.54, 1.807) is 18.2 Å². The second kappa shape index (κ2) is 6.98. The van der Waals surface area contributed by atoms with Crippen LogP contribution in [-0.4, -0.2) is 16.9 Å². The minimum Gasteiger partial charge on any atom is -0.389 e. The van der Waals surface area contributed by atoms with Crippen molar-refractivity contribution in [1.82, 2.24) is 4.90 Å². The van der Waals surface area contributed by atoms with E-state index >= 15 is 0 Å². The zero-order chi connectivity index (χ0) is 15.4. The van der Waals surface area contributed by atoms with Gasteiger partial charge in [0.15, 0.2) is 0 Å². The Morgan fingerprint density at radius 3 is 2.48 bits per heavy atom. The van der Waals surface area contributed by atoms with Crippen molar-refractivity contribution in [1.29, 1.82) is 0 Å². The van der Waals surface area contributed by atoms with Gasteiger partial charge in [0.25, 0.3) is 0 Å². The molecular weight excluding hydrogens is 307 g/mol. The lowest BCUT2D eigenvalue weighted by Crippen LogP contribution is -2.18. The molecule has 2 nitrogen and oxygen atoms in total. The summed E-state index contributed by atoms with van der Waals surface area (Å²) in [6.45, 7) is 1.13. The highest BCUT2D eigenvalue weighted by molar-refractivity contribution is 7.80. The topological polar surface area (TPSA) is 29.3 Å². The van der Waals surface area contributed by atoms with Crippen LogP contribution in [0.3, 0.4) is 0 Å². The Labute approximate surface area is 134 Å². The molecule has 0 amide bonds. The first kappa shape index (κ1) is 15.9. The number of nitrogens with two attached hydrogens (primary N) is 1. The van der Waals surface area contributed by atoms with E-state index in [2.05, 4.69) is 0 Å². The average Bonchev–Trinajstić information content (AvgIpc) is 2.43. The summed E-state index contributed by atoms with van der Waals surface area (Å²) in [5.41, 5.74) is 7.94. The van der Waals surface area contributed by atoms with Crippen LogP contribution in [0.4, 0.5) is 4.39 Å². The van der Waals surface area contributed by atoms with Crippen molar-refractivity contribution in [2.24, 2.45) is 5.73 Å². The van der Waals surface area contributed by atoms with Gasteiger partial charge in [0.05, 0.1) is 0 Å². The lowest BCUT2D eigenvalue weighted by atomic mass is 10.1. The highest BCUT2D eigenvalue weighted by atomic mass is 35.5. The number of halogens is 2. The predicted molar refractivity (Wildman–Crippen MR) is 88.9 cm³/mol. The summed E-state index contributed by atoms with van der Waals surface area (Å²) in [6, 6.07) is 12.3. The van der Waals surface area contributed by atoms with Gasteiger partial charge in [0.1, 0.15) is 10.8 Å². The Morgan fingerprint density at radius 2 is 1.86 bits per heavy atom. The molecule has 110 valence electrons. The van der Waals surface area contributed by atoms with Gasteiger partial charge in [-0.25, -0.2) is 4.39 Å². The Balaban J connectivity index is 2.08. The Bertz CT molecular complexity index is 660. The van der Waals surface area contributed by atoms with E-state index in [9.17, 15) is 4.39 Å². The highest BCUT2D eigenvalue weighted by Crippen LogP contribution is 2.20. The molecule has 0 aliphatic carbocycles. The van der Waals surface area contributed by atoms with Gasteiger partial charge in [-0.05, 0) is 24.7 Å². The van der Waals surface area contributed by atoms with Crippen LogP contribution in [0.15, 0.2) is 42.5 Å². The fourth-order valence-corrected chi connectivity index (χ4v) is 2.46. The quantitative estimate of drug-likeness (QED) is 0.850. The standard InChI is InChI=1S/C16H16ClFN2S/c1-20(10-13-4-2-3-5-15(13)18)9-12-7-6-11(16(19)21)8-14(12)17/h2-8H,9-10H2,1H3,(H2,19,21). The molecule has 0 aliphatic rings. The van der Waals surface area contributed by atoms with Gasteiger partial charge < -0.3 is 5.73 Å². The number of hydrogen-bond acceptors (Lipinski definition) is 2. The molecule has 2 aromatic carbocycles. The number of thiocarbonyl (C=S) groups is 1. The molecule has 2 N–H and O–H groups in total. The molecule has 0 fully saturated rings. The van der Waals surface area contributed by atoms with E-state index in [-0.39, 0.29) is 5.82 Å². The summed E-state index contributed by atoms with van der Waals surface area (Å²) in [5, 5.41) is 0.612. The first-order valence-electron chi connectivity index (χ1n) is 6.47. The van der Waals surface area contributed by atoms with Crippen LogP contribution in [-0.2, 0) is 13.1 Å². The van der Waals surface area contributed by atoms with Crippen molar-refractivity contribution in [3.8, 4) is 0 Å². The fourth-order valence-electron chi connectivity index (χ4n) is 2.09. The van der Waals surface area contributed by atoms with Gasteiger partial charge in [-0.1, -0.05) is 54.2 Å². The molecule has 5 heteroatoms. The van der Waals surface area contributed by atoms with Crippen LogP contribution in [0, 0.1) is 5.82 Å². The SMILES string of the molecule is CN(Cc1ccccc1F)Cc1ccc(C(N)=S)cc1Cl. The summed E-state index contributed by atoms with van der Waals surface area (Å²) in [5.74, 6) is -0.195. The molecule has 21 heavy (non-hydrogen) atoms. The van der Waals surface area contributed by atoms with Gasteiger partial charge in [-0.15, -0.1) is 0 Å². The first-order chi connectivity index (χ1) is 9.97. The van der Waals surface area contributed by atoms with E-state index < -0.39 is 0 Å². The van der Waals surface area contributed by atoms with Crippen LogP contribution in [0.2, 0.25) is 5.02 Å². The third kappa shape index (κ3) is 4.24. The maximum absolute atomic E-state index is 13.6. The fraction of sp³-hybridized carbons (Fsp3) is 0.188. The molecule has 0 aromatic heterocycles. The third-order valence-corrected chi connectivity index (χ3v) is 3.76. The summed E-state index contributed by atoms with van der Waals surface area (Å²) in [4.78, 5) is 2.32. The molecule has 2 aromatic rings. The van der Waals surface area contributed by atoms with Crippen molar-refractivity contribution in [3.05, 3.63) is 70.0 Å². The molecule has 0 saturated heterocycles. The average molecular weight is 323 g/mol. The maximum atomic E-state index is 13.6. The second-order valence-electron chi connectivity index (χ2n) is 4.93. The smallest absolute Gasteiger partial charge is 0.127 e. The van der Waals surface area contributed by atoms with E-state index in [0.717, 1.165) is 11.1 Å². The van der Waals surface area contributed by atoms with E-state index in [0.29, 0.717) is 28.7 Å². The number of nitrogens with zero attached hydrogens (tertiary/aromatic N) is 1. The lowest BCUT2D eigenvalue weighted by Gasteiger charge is -2.18. The van der Waals surface area contributed by atoms with Gasteiger partial charge in [0, 0.05) is 29.2 Å². The van der Waals surface area contributed by atoms with Crippen LogP contribution in [0.1, 0.15) is 16.7 Å². The summed E-state index contributed by atoms with van der Waals surface area (Å²) in [6.07, 6.45) is 0. The van der Waals surface area contributed by atoms with E-state index in [1.807, 2.05) is 30.1 Å². The first-order valence-corrected chi connectivity index (χ1v) is 7.26. The van der Waals surface area contributed by atoms with Gasteiger partial charge in [-0.2, -0.15) is 0 Å². The zero-order valence-electron chi connectivity index (χ0n) is 11.6. The predicted octanol–water partition coefficient (Wildman–Crippen LogP) is 3.75. The molecular formula is C16H16ClFN2S. The molecule has 0 heterocycles. The summed E-state index contributed by atoms with van der Waals surface area (Å²) >= 11 is 11.2. The van der Waals surface area contributed by atoms with Gasteiger partial charge >= 0.3 is 0 Å². The van der Waals surface area contributed by atoms with Crippen molar-refractivity contribution in [2.75, 3.05) is 7.05 Å². The van der Waals surface area contributed by atoms with Crippen LogP contribution >= 0.6 is 23.8 Å². The number of rotatable bonds is 5. The molecule has 0 aliphatic heterocycles. The van der Waals surface area contributed by atoms with Crippen molar-refractivity contribution in [3.63, 3.8) is 0 Å². The largest absolute Gasteiger partial charge is 0.389 e. The second-order valence-corrected chi connectivity index (χ2v) is 5.78. The zero-order valence-corrected chi connectivity index (χ0v) is 13.2. The molecule has 2 rings (SSSR count). The van der Waals surface area contributed by atoms with Crippen molar-refractivity contribution in [2.45, 2.75) is 13.1 Å². The van der Waals surface area contributed by atoms with Gasteiger partial charge in [0.2, 0.25) is 0 Å². The number of hydrogen-bond donors (Lipinski definition) is 1. The molecule has 0 bridgehead atoms. The molecule has 0 atom stereocenters. The molecule has 0 saturated carbocycles. The molecule has 0 radical (unpaired) electrons. The van der Waals surface area contributed by atoms with E-state index in [1.165, 1.54) is 6.07 Å². The monoisotopic (exact) mass is 322 g/mol. The lowest BCUT2D eigenvalue weighted by molar-refractivity contribution is 0.313. The highest BCUT2D eigenvalue weighted by Gasteiger charge is 2.09. The minimum atomic E-state index is -0.195. The number of benzene rings is 2. The van der Waals surface area contributed by atoms with Crippen LogP contribution in [0.25, 0.3) is 0 Å². The molecule has 0 unspecified atom stereocenters. The van der Waals surface area contributed by atoms with Crippen molar-refractivity contribution < 1.29 is 4.39 Å². The van der Waals surface area contributed by atoms with Crippen LogP contribution < -0.4 is 5.73 Å². The van der Waals surface area contributed by atoms with Crippen LogP contribution in [0.5, 0.6) is 0 Å². The van der Waals surface area contributed by atoms with E-state index in [4.69, 9.17) is 29.6 Å². The van der Waals surface area contributed by atoms with Gasteiger partial charge in [-0.3, -0.25) is 4.90 Å². The Kier molecular flexibility index (Phi) is 5.28. The Morgan fingerprint density at radius 1 is 1.19 bits per heavy atom. The maximum Gasteiger partial charge on any atom is 0.127 e. The van der Waals surface area contributed by atoms with Crippen molar-refractivity contribution >= 4 is 28.8 Å². The normalized spacial score (nSPS) is 10.9. The summed E-state index contributed by atoms with van der Waals surface area (Å²) < 4.78 is 13.6. The summed E-state index contributed by atoms with van der Waals surface area (Å²) in [7, 11) is 1.92. The Hall–Kier alpha value is -1.49. The third-order valence-electron chi connectivity index (χ3n) is 3.18.